The van der Waals surface area contributed by atoms with Gasteiger partial charge in [0.15, 0.2) is 0 Å². The maximum atomic E-state index is 9.85. The van der Waals surface area contributed by atoms with Crippen LogP contribution >= 0.6 is 0 Å². The molecule has 0 radical (unpaired) electrons. The van der Waals surface area contributed by atoms with Crippen molar-refractivity contribution in [3.63, 3.8) is 0 Å². The highest BCUT2D eigenvalue weighted by Gasteiger charge is 2.13. The molecule has 1 atom stereocenters. The van der Waals surface area contributed by atoms with Crippen molar-refractivity contribution in [2.24, 2.45) is 0 Å². The van der Waals surface area contributed by atoms with Crippen LogP contribution in [0.1, 0.15) is 11.1 Å². The lowest BCUT2D eigenvalue weighted by Gasteiger charge is -2.09. The van der Waals surface area contributed by atoms with Gasteiger partial charge in [0.1, 0.15) is 11.5 Å². The number of aliphatic hydroxyl groups excluding tert-OH is 2. The molecule has 0 fully saturated rings. The molecule has 6 nitrogen and oxygen atoms in total. The van der Waals surface area contributed by atoms with Crippen LogP contribution in [0.15, 0.2) is 73.2 Å². The fourth-order valence-corrected chi connectivity index (χ4v) is 3.25. The van der Waals surface area contributed by atoms with Gasteiger partial charge in [-0.1, -0.05) is 0 Å². The first-order valence-electron chi connectivity index (χ1n) is 9.19. The average molecular weight is 385 g/mol. The summed E-state index contributed by atoms with van der Waals surface area (Å²) in [7, 11) is 0. The molecule has 4 rings (SSSR count). The van der Waals surface area contributed by atoms with Crippen molar-refractivity contribution in [2.75, 3.05) is 6.61 Å². The maximum absolute atomic E-state index is 9.85. The van der Waals surface area contributed by atoms with Gasteiger partial charge < -0.3 is 19.5 Å². The van der Waals surface area contributed by atoms with Gasteiger partial charge in [0, 0.05) is 29.9 Å². The molecule has 2 heterocycles. The van der Waals surface area contributed by atoms with Crippen LogP contribution in [-0.2, 0) is 6.42 Å². The van der Waals surface area contributed by atoms with E-state index in [0.717, 1.165) is 22.2 Å². The normalized spacial score (nSPS) is 11.9. The van der Waals surface area contributed by atoms with Crippen molar-refractivity contribution < 1.29 is 14.9 Å². The van der Waals surface area contributed by atoms with Gasteiger partial charge in [0.25, 0.3) is 0 Å². The van der Waals surface area contributed by atoms with Gasteiger partial charge in [-0.25, -0.2) is 0 Å². The first-order chi connectivity index (χ1) is 14.2. The van der Waals surface area contributed by atoms with Crippen molar-refractivity contribution in [1.82, 2.24) is 9.55 Å². The van der Waals surface area contributed by atoms with E-state index in [0.29, 0.717) is 23.5 Å². The zero-order chi connectivity index (χ0) is 20.2. The molecule has 0 bridgehead atoms. The predicted octanol–water partition coefficient (Wildman–Crippen LogP) is 3.59. The summed E-state index contributed by atoms with van der Waals surface area (Å²) in [5.41, 5.74) is 3.39. The number of fused-ring (bicyclic) bond motifs is 1. The summed E-state index contributed by atoms with van der Waals surface area (Å²) < 4.78 is 7.84. The Morgan fingerprint density at radius 1 is 1.03 bits per heavy atom. The summed E-state index contributed by atoms with van der Waals surface area (Å²) >= 11 is 0. The molecule has 2 N–H and O–H groups in total. The predicted molar refractivity (Wildman–Crippen MR) is 109 cm³/mol. The number of nitriles is 1. The van der Waals surface area contributed by atoms with Crippen LogP contribution in [0.4, 0.5) is 0 Å². The zero-order valence-electron chi connectivity index (χ0n) is 15.6. The van der Waals surface area contributed by atoms with Crippen molar-refractivity contribution in [3.8, 4) is 23.3 Å². The molecular formula is C23H19N3O3. The van der Waals surface area contributed by atoms with E-state index in [9.17, 15) is 10.2 Å². The standard InChI is InChI=1S/C23H19N3O3/c24-12-16-1-5-20(6-2-16)29-21-7-3-18(4-8-21)26-14-17(11-19(28)15-27)22-9-10-25-13-23(22)26/h1-10,13-14,19,27-28H,11,15H2. The van der Waals surface area contributed by atoms with Gasteiger partial charge in [-0.05, 0) is 60.2 Å². The van der Waals surface area contributed by atoms with E-state index in [1.165, 1.54) is 0 Å². The van der Waals surface area contributed by atoms with Gasteiger partial charge in [0.2, 0.25) is 0 Å². The monoisotopic (exact) mass is 385 g/mol. The number of hydrogen-bond donors (Lipinski definition) is 2. The molecule has 0 saturated carbocycles. The number of hydrogen-bond acceptors (Lipinski definition) is 5. The highest BCUT2D eigenvalue weighted by molar-refractivity contribution is 5.84. The Bertz CT molecular complexity index is 1160. The highest BCUT2D eigenvalue weighted by atomic mass is 16.5. The van der Waals surface area contributed by atoms with E-state index in [-0.39, 0.29) is 6.61 Å². The number of pyridine rings is 1. The summed E-state index contributed by atoms with van der Waals surface area (Å²) in [5, 5.41) is 28.9. The minimum atomic E-state index is -0.801. The Balaban J connectivity index is 1.61. The minimum Gasteiger partial charge on any atom is -0.457 e. The summed E-state index contributed by atoms with van der Waals surface area (Å²) in [6, 6.07) is 18.6. The molecule has 1 unspecified atom stereocenters. The highest BCUT2D eigenvalue weighted by Crippen LogP contribution is 2.28. The van der Waals surface area contributed by atoms with Crippen LogP contribution in [0.3, 0.4) is 0 Å². The number of ether oxygens (including phenoxy) is 1. The average Bonchev–Trinajstić information content (AvgIpc) is 3.13. The molecule has 29 heavy (non-hydrogen) atoms. The van der Waals surface area contributed by atoms with E-state index in [1.54, 1.807) is 36.7 Å². The molecule has 0 spiro atoms. The fraction of sp³-hybridized carbons (Fsp3) is 0.130. The van der Waals surface area contributed by atoms with Crippen molar-refractivity contribution >= 4 is 10.9 Å². The second kappa shape index (κ2) is 8.15. The van der Waals surface area contributed by atoms with Crippen molar-refractivity contribution in [1.29, 1.82) is 5.26 Å². The molecule has 0 aliphatic carbocycles. The first-order valence-corrected chi connectivity index (χ1v) is 9.19. The summed E-state index contributed by atoms with van der Waals surface area (Å²) in [5.74, 6) is 1.34. The SMILES string of the molecule is N#Cc1ccc(Oc2ccc(-n3cc(CC(O)CO)c4ccncc43)cc2)cc1. The molecule has 0 saturated heterocycles. The minimum absolute atomic E-state index is 0.279. The molecule has 0 amide bonds. The topological polar surface area (TPSA) is 91.3 Å². The van der Waals surface area contributed by atoms with Crippen LogP contribution in [0, 0.1) is 11.3 Å². The van der Waals surface area contributed by atoms with E-state index in [4.69, 9.17) is 10.00 Å². The smallest absolute Gasteiger partial charge is 0.127 e. The Morgan fingerprint density at radius 2 is 1.72 bits per heavy atom. The largest absolute Gasteiger partial charge is 0.457 e. The third-order valence-electron chi connectivity index (χ3n) is 4.69. The lowest BCUT2D eigenvalue weighted by Crippen LogP contribution is -2.14. The number of aromatic nitrogens is 2. The second-order valence-electron chi connectivity index (χ2n) is 6.69. The maximum Gasteiger partial charge on any atom is 0.127 e. The fourth-order valence-electron chi connectivity index (χ4n) is 3.25. The quantitative estimate of drug-likeness (QED) is 0.529. The molecule has 144 valence electrons. The molecule has 2 aromatic heterocycles. The van der Waals surface area contributed by atoms with E-state index >= 15 is 0 Å². The Hall–Kier alpha value is -3.66. The zero-order valence-corrected chi connectivity index (χ0v) is 15.6. The van der Waals surface area contributed by atoms with E-state index in [1.807, 2.05) is 41.1 Å². The molecule has 0 aliphatic rings. The third kappa shape index (κ3) is 3.97. The van der Waals surface area contributed by atoms with Gasteiger partial charge in [-0.15, -0.1) is 0 Å². The number of nitrogens with zero attached hydrogens (tertiary/aromatic N) is 3. The Morgan fingerprint density at radius 3 is 2.38 bits per heavy atom. The molecule has 4 aromatic rings. The Kier molecular flexibility index (Phi) is 5.25. The van der Waals surface area contributed by atoms with E-state index in [2.05, 4.69) is 11.1 Å². The summed E-state index contributed by atoms with van der Waals surface area (Å²) in [4.78, 5) is 4.22. The van der Waals surface area contributed by atoms with Crippen LogP contribution < -0.4 is 4.74 Å². The van der Waals surface area contributed by atoms with E-state index < -0.39 is 6.10 Å². The molecule has 2 aromatic carbocycles. The van der Waals surface area contributed by atoms with Gasteiger partial charge in [0.05, 0.1) is 36.1 Å². The number of rotatable bonds is 6. The lowest BCUT2D eigenvalue weighted by molar-refractivity contribution is 0.0957. The van der Waals surface area contributed by atoms with Crippen LogP contribution in [0.25, 0.3) is 16.6 Å². The third-order valence-corrected chi connectivity index (χ3v) is 4.69. The molecule has 6 heteroatoms. The first kappa shape index (κ1) is 18.7. The number of benzene rings is 2. The summed E-state index contributed by atoms with van der Waals surface area (Å²) in [6.45, 7) is -0.279. The Labute approximate surface area is 167 Å². The molecular weight excluding hydrogens is 366 g/mol. The van der Waals surface area contributed by atoms with Crippen LogP contribution in [0.2, 0.25) is 0 Å². The number of aliphatic hydroxyl groups is 2. The van der Waals surface area contributed by atoms with Crippen molar-refractivity contribution in [3.05, 3.63) is 84.3 Å². The van der Waals surface area contributed by atoms with Gasteiger partial charge in [-0.2, -0.15) is 5.26 Å². The second-order valence-corrected chi connectivity index (χ2v) is 6.69. The molecule has 0 aliphatic heterocycles. The van der Waals surface area contributed by atoms with Crippen molar-refractivity contribution in [2.45, 2.75) is 12.5 Å². The van der Waals surface area contributed by atoms with Crippen LogP contribution in [0.5, 0.6) is 11.5 Å². The lowest BCUT2D eigenvalue weighted by atomic mass is 10.1. The van der Waals surface area contributed by atoms with Gasteiger partial charge in [-0.3, -0.25) is 4.98 Å². The van der Waals surface area contributed by atoms with Gasteiger partial charge >= 0.3 is 0 Å². The summed E-state index contributed by atoms with van der Waals surface area (Å²) in [6.07, 6.45) is 5.03. The van der Waals surface area contributed by atoms with Crippen LogP contribution in [-0.4, -0.2) is 32.5 Å².